The third kappa shape index (κ3) is 8.67. The SMILES string of the molecule is CCC(C)C(NC(=O)C(N)Cc1ccc(O)cc1)C(=O)NC(CO)C(=O)NC(CO)C(=O)O. The van der Waals surface area contributed by atoms with Crippen LogP contribution in [0, 0.1) is 5.92 Å². The summed E-state index contributed by atoms with van der Waals surface area (Å²) in [5, 5.41) is 43.7. The molecule has 12 heteroatoms. The number of carboxylic acids is 1. The van der Waals surface area contributed by atoms with E-state index in [0.717, 1.165) is 0 Å². The molecular formula is C21H32N4O8. The molecule has 0 aliphatic heterocycles. The molecule has 0 aliphatic carbocycles. The number of carbonyl (C=O) groups excluding carboxylic acids is 3. The Hall–Kier alpha value is -3.22. The minimum atomic E-state index is -1.61. The van der Waals surface area contributed by atoms with Crippen LogP contribution >= 0.6 is 0 Å². The van der Waals surface area contributed by atoms with Gasteiger partial charge in [0.25, 0.3) is 0 Å². The Bertz CT molecular complexity index is 817. The van der Waals surface area contributed by atoms with Gasteiger partial charge in [0.2, 0.25) is 17.7 Å². The second-order valence-electron chi connectivity index (χ2n) is 7.67. The maximum atomic E-state index is 12.8. The Balaban J connectivity index is 2.85. The van der Waals surface area contributed by atoms with Crippen LogP contribution in [0.15, 0.2) is 24.3 Å². The van der Waals surface area contributed by atoms with Crippen molar-refractivity contribution in [2.24, 2.45) is 11.7 Å². The van der Waals surface area contributed by atoms with Crippen LogP contribution in [0.25, 0.3) is 0 Å². The van der Waals surface area contributed by atoms with Crippen LogP contribution in [0.1, 0.15) is 25.8 Å². The van der Waals surface area contributed by atoms with Crippen molar-refractivity contribution >= 4 is 23.7 Å². The number of hydrogen-bond donors (Lipinski definition) is 8. The van der Waals surface area contributed by atoms with Gasteiger partial charge in [-0.3, -0.25) is 14.4 Å². The van der Waals surface area contributed by atoms with E-state index in [1.165, 1.54) is 12.1 Å². The van der Waals surface area contributed by atoms with Gasteiger partial charge in [0.05, 0.1) is 19.3 Å². The highest BCUT2D eigenvalue weighted by atomic mass is 16.4. The second-order valence-corrected chi connectivity index (χ2v) is 7.67. The molecule has 1 aromatic rings. The molecular weight excluding hydrogens is 436 g/mol. The number of nitrogens with two attached hydrogens (primary N) is 1. The summed E-state index contributed by atoms with van der Waals surface area (Å²) in [6.07, 6.45) is 0.646. The van der Waals surface area contributed by atoms with Gasteiger partial charge in [-0.15, -0.1) is 0 Å². The molecule has 0 spiro atoms. The van der Waals surface area contributed by atoms with Gasteiger partial charge >= 0.3 is 5.97 Å². The molecule has 12 nitrogen and oxygen atoms in total. The van der Waals surface area contributed by atoms with Crippen LogP contribution in [0.4, 0.5) is 0 Å². The summed E-state index contributed by atoms with van der Waals surface area (Å²) < 4.78 is 0. The third-order valence-corrected chi connectivity index (χ3v) is 5.13. The maximum absolute atomic E-state index is 12.8. The maximum Gasteiger partial charge on any atom is 0.328 e. The average Bonchev–Trinajstić information content (AvgIpc) is 2.79. The van der Waals surface area contributed by atoms with Gasteiger partial charge < -0.3 is 42.1 Å². The van der Waals surface area contributed by atoms with Crippen molar-refractivity contribution in [3.8, 4) is 5.75 Å². The number of aliphatic carboxylic acids is 1. The zero-order valence-electron chi connectivity index (χ0n) is 18.5. The quantitative estimate of drug-likeness (QED) is 0.158. The normalized spacial score (nSPS) is 15.4. The largest absolute Gasteiger partial charge is 0.508 e. The van der Waals surface area contributed by atoms with Crippen LogP contribution in [-0.4, -0.2) is 81.5 Å². The van der Waals surface area contributed by atoms with Gasteiger partial charge in [-0.1, -0.05) is 32.4 Å². The highest BCUT2D eigenvalue weighted by Gasteiger charge is 2.32. The number of hydrogen-bond acceptors (Lipinski definition) is 8. The number of aliphatic hydroxyl groups excluding tert-OH is 2. The molecule has 0 saturated heterocycles. The lowest BCUT2D eigenvalue weighted by Gasteiger charge is -2.27. The molecule has 0 heterocycles. The van der Waals surface area contributed by atoms with Crippen LogP contribution < -0.4 is 21.7 Å². The lowest BCUT2D eigenvalue weighted by atomic mass is 9.97. The van der Waals surface area contributed by atoms with E-state index in [1.807, 2.05) is 5.32 Å². The fourth-order valence-electron chi connectivity index (χ4n) is 2.85. The highest BCUT2D eigenvalue weighted by molar-refractivity contribution is 5.94. The number of carboxylic acid groups (broad SMARTS) is 1. The second kappa shape index (κ2) is 13.4. The Morgan fingerprint density at radius 2 is 1.45 bits per heavy atom. The molecule has 5 unspecified atom stereocenters. The first kappa shape index (κ1) is 27.8. The predicted molar refractivity (Wildman–Crippen MR) is 117 cm³/mol. The van der Waals surface area contributed by atoms with Crippen LogP contribution in [0.5, 0.6) is 5.75 Å². The van der Waals surface area contributed by atoms with E-state index < -0.39 is 61.1 Å². The first-order valence-electron chi connectivity index (χ1n) is 10.4. The molecule has 0 fully saturated rings. The summed E-state index contributed by atoms with van der Waals surface area (Å²) in [6.45, 7) is 1.78. The Morgan fingerprint density at radius 1 is 0.909 bits per heavy atom. The van der Waals surface area contributed by atoms with E-state index in [1.54, 1.807) is 26.0 Å². The molecule has 0 bridgehead atoms. The molecule has 1 aromatic carbocycles. The fourth-order valence-corrected chi connectivity index (χ4v) is 2.85. The molecule has 1 rings (SSSR count). The summed E-state index contributed by atoms with van der Waals surface area (Å²) in [5.74, 6) is -4.16. The summed E-state index contributed by atoms with van der Waals surface area (Å²) >= 11 is 0. The van der Waals surface area contributed by atoms with Crippen molar-refractivity contribution in [1.29, 1.82) is 0 Å². The third-order valence-electron chi connectivity index (χ3n) is 5.13. The number of aliphatic hydroxyl groups is 2. The van der Waals surface area contributed by atoms with Gasteiger partial charge in [-0.2, -0.15) is 0 Å². The van der Waals surface area contributed by atoms with Gasteiger partial charge in [0.1, 0.15) is 23.9 Å². The van der Waals surface area contributed by atoms with Gasteiger partial charge in [0, 0.05) is 0 Å². The lowest BCUT2D eigenvalue weighted by molar-refractivity contribution is -0.143. The number of nitrogens with one attached hydrogen (secondary N) is 3. The zero-order chi connectivity index (χ0) is 25.1. The van der Waals surface area contributed by atoms with E-state index >= 15 is 0 Å². The number of benzene rings is 1. The van der Waals surface area contributed by atoms with Crippen molar-refractivity contribution in [3.63, 3.8) is 0 Å². The van der Waals surface area contributed by atoms with Crippen LogP contribution in [-0.2, 0) is 25.6 Å². The van der Waals surface area contributed by atoms with Gasteiger partial charge in [-0.25, -0.2) is 4.79 Å². The summed E-state index contributed by atoms with van der Waals surface area (Å²) in [7, 11) is 0. The van der Waals surface area contributed by atoms with Crippen LogP contribution in [0.3, 0.4) is 0 Å². The number of amides is 3. The van der Waals surface area contributed by atoms with Crippen molar-refractivity contribution in [3.05, 3.63) is 29.8 Å². The Morgan fingerprint density at radius 3 is 1.94 bits per heavy atom. The van der Waals surface area contributed by atoms with Crippen LogP contribution in [0.2, 0.25) is 0 Å². The van der Waals surface area contributed by atoms with E-state index in [4.69, 9.17) is 15.9 Å². The molecule has 9 N–H and O–H groups in total. The highest BCUT2D eigenvalue weighted by Crippen LogP contribution is 2.12. The van der Waals surface area contributed by atoms with E-state index in [0.29, 0.717) is 12.0 Å². The number of carbonyl (C=O) groups is 4. The monoisotopic (exact) mass is 468 g/mol. The summed E-state index contributed by atoms with van der Waals surface area (Å²) in [6, 6.07) is 0.967. The minimum absolute atomic E-state index is 0.0708. The first-order valence-corrected chi connectivity index (χ1v) is 10.4. The number of aromatic hydroxyl groups is 1. The van der Waals surface area contributed by atoms with Crippen molar-refractivity contribution in [1.82, 2.24) is 16.0 Å². The molecule has 3 amide bonds. The molecule has 0 aromatic heterocycles. The van der Waals surface area contributed by atoms with E-state index in [2.05, 4.69) is 10.6 Å². The van der Waals surface area contributed by atoms with E-state index in [-0.39, 0.29) is 18.1 Å². The zero-order valence-corrected chi connectivity index (χ0v) is 18.5. The van der Waals surface area contributed by atoms with Crippen molar-refractivity contribution in [2.75, 3.05) is 13.2 Å². The molecule has 33 heavy (non-hydrogen) atoms. The Labute approximate surface area is 191 Å². The van der Waals surface area contributed by atoms with Crippen molar-refractivity contribution < 1.29 is 39.6 Å². The van der Waals surface area contributed by atoms with Gasteiger partial charge in [0.15, 0.2) is 0 Å². The molecule has 0 radical (unpaired) electrons. The topological polar surface area (TPSA) is 211 Å². The average molecular weight is 469 g/mol. The minimum Gasteiger partial charge on any atom is -0.508 e. The smallest absolute Gasteiger partial charge is 0.328 e. The standard InChI is InChI=1S/C21H32N4O8/c1-3-11(2)17(25-18(29)14(22)8-12-4-6-13(28)7-5-12)20(31)23-15(9-26)19(30)24-16(10-27)21(32)33/h4-7,11,14-17,26-28H,3,8-10,22H2,1-2H3,(H,23,31)(H,24,30)(H,25,29)(H,32,33). The fraction of sp³-hybridized carbons (Fsp3) is 0.524. The molecule has 5 atom stereocenters. The summed E-state index contributed by atoms with van der Waals surface area (Å²) in [4.78, 5) is 48.6. The number of rotatable bonds is 13. The van der Waals surface area contributed by atoms with Gasteiger partial charge in [-0.05, 0) is 30.0 Å². The summed E-state index contributed by atoms with van der Waals surface area (Å²) in [5.41, 5.74) is 6.66. The Kier molecular flexibility index (Phi) is 11.3. The van der Waals surface area contributed by atoms with E-state index in [9.17, 15) is 29.4 Å². The number of phenols is 1. The molecule has 184 valence electrons. The number of phenolic OH excluding ortho intramolecular Hbond substituents is 1. The predicted octanol–water partition coefficient (Wildman–Crippen LogP) is -2.17. The van der Waals surface area contributed by atoms with Crippen molar-refractivity contribution in [2.45, 2.75) is 50.9 Å². The molecule has 0 aliphatic rings. The first-order chi connectivity index (χ1) is 15.5. The lowest BCUT2D eigenvalue weighted by Crippen LogP contribution is -2.59. The molecule has 0 saturated carbocycles.